The maximum absolute atomic E-state index is 13.2. The molecular weight excluding hydrogens is 480 g/mol. The van der Waals surface area contributed by atoms with Crippen LogP contribution in [0.5, 0.6) is 0 Å². The zero-order chi connectivity index (χ0) is 24.7. The van der Waals surface area contributed by atoms with E-state index in [-0.39, 0.29) is 29.8 Å². The molecule has 0 unspecified atom stereocenters. The van der Waals surface area contributed by atoms with E-state index >= 15 is 0 Å². The number of hydrogen-bond donors (Lipinski definition) is 4. The number of nitrogens with one attached hydrogen (secondary N) is 4. The van der Waals surface area contributed by atoms with Crippen LogP contribution in [0, 0.1) is 18.8 Å². The maximum Gasteiger partial charge on any atom is 0.254 e. The van der Waals surface area contributed by atoms with Crippen molar-refractivity contribution in [1.82, 2.24) is 20.4 Å². The second-order valence-corrected chi connectivity index (χ2v) is 11.9. The molecule has 1 atom stereocenters. The van der Waals surface area contributed by atoms with Crippen molar-refractivity contribution in [3.8, 4) is 0 Å². The first-order chi connectivity index (χ1) is 16.8. The van der Waals surface area contributed by atoms with Crippen LogP contribution in [0.15, 0.2) is 6.07 Å². The Hall–Kier alpha value is -2.46. The van der Waals surface area contributed by atoms with Gasteiger partial charge in [0, 0.05) is 35.5 Å². The fourth-order valence-electron chi connectivity index (χ4n) is 4.58. The van der Waals surface area contributed by atoms with E-state index in [1.807, 2.05) is 17.7 Å². The molecule has 2 amide bonds. The van der Waals surface area contributed by atoms with Gasteiger partial charge in [0.1, 0.15) is 10.8 Å². The maximum atomic E-state index is 13.2. The third-order valence-corrected chi connectivity index (χ3v) is 8.27. The smallest absolute Gasteiger partial charge is 0.254 e. The Morgan fingerprint density at radius 2 is 1.97 bits per heavy atom. The van der Waals surface area contributed by atoms with Gasteiger partial charge in [-0.1, -0.05) is 0 Å². The Labute approximate surface area is 215 Å². The summed E-state index contributed by atoms with van der Waals surface area (Å²) in [5.74, 6) is 1.53. The Morgan fingerprint density at radius 1 is 1.20 bits per heavy atom. The number of amides is 2. The number of anilines is 2. The minimum atomic E-state index is -0.0711. The molecule has 2 heterocycles. The van der Waals surface area contributed by atoms with Crippen LogP contribution in [0.3, 0.4) is 0 Å². The van der Waals surface area contributed by atoms with Crippen LogP contribution in [-0.4, -0.2) is 39.3 Å². The molecule has 2 saturated carbocycles. The molecule has 4 N–H and O–H groups in total. The van der Waals surface area contributed by atoms with Crippen LogP contribution in [0.25, 0.3) is 0 Å². The minimum absolute atomic E-state index is 0.0388. The SMILES string of the molecule is Cc1cc(NC(=S)N[C@H]2CCc3sc(NC(=O)C4CC4)c(C(=O)NCC4CC4)c3C2)n(C(C)C)n1. The van der Waals surface area contributed by atoms with Crippen molar-refractivity contribution >= 4 is 51.3 Å². The van der Waals surface area contributed by atoms with Crippen molar-refractivity contribution in [3.05, 3.63) is 27.8 Å². The molecule has 8 nitrogen and oxygen atoms in total. The summed E-state index contributed by atoms with van der Waals surface area (Å²) in [6.45, 7) is 6.85. The van der Waals surface area contributed by atoms with E-state index in [2.05, 4.69) is 40.2 Å². The van der Waals surface area contributed by atoms with E-state index in [1.54, 1.807) is 11.3 Å². The highest BCUT2D eigenvalue weighted by molar-refractivity contribution is 7.80. The first-order valence-electron chi connectivity index (χ1n) is 12.7. The van der Waals surface area contributed by atoms with Crippen molar-refractivity contribution in [2.75, 3.05) is 17.2 Å². The zero-order valence-corrected chi connectivity index (χ0v) is 22.2. The Kier molecular flexibility index (Phi) is 6.85. The van der Waals surface area contributed by atoms with Crippen LogP contribution in [0.4, 0.5) is 10.8 Å². The number of aromatic nitrogens is 2. The summed E-state index contributed by atoms with van der Waals surface area (Å²) in [5, 5.41) is 18.7. The molecule has 0 spiro atoms. The van der Waals surface area contributed by atoms with Crippen LogP contribution in [0.1, 0.15) is 78.5 Å². The molecule has 188 valence electrons. The summed E-state index contributed by atoms with van der Waals surface area (Å²) in [5.41, 5.74) is 2.63. The predicted octanol–water partition coefficient (Wildman–Crippen LogP) is 4.17. The van der Waals surface area contributed by atoms with Gasteiger partial charge in [0.15, 0.2) is 5.11 Å². The summed E-state index contributed by atoms with van der Waals surface area (Å²) in [6.07, 6.45) is 6.69. The standard InChI is InChI=1S/C25H34N6O2S2/c1-13(2)31-20(10-14(3)30-31)28-25(34)27-17-8-9-19-18(11-17)21(23(33)26-12-15-4-5-15)24(35-19)29-22(32)16-6-7-16/h10,13,15-17H,4-9,11-12H2,1-3H3,(H,26,33)(H,29,32)(H2,27,28,34)/t17-/m0/s1. The van der Waals surface area contributed by atoms with E-state index in [0.29, 0.717) is 34.6 Å². The van der Waals surface area contributed by atoms with Gasteiger partial charge >= 0.3 is 0 Å². The molecule has 3 aliphatic carbocycles. The molecule has 0 aromatic carbocycles. The van der Waals surface area contributed by atoms with Crippen LogP contribution in [0.2, 0.25) is 0 Å². The zero-order valence-electron chi connectivity index (χ0n) is 20.6. The second-order valence-electron chi connectivity index (χ2n) is 10.4. The molecule has 0 radical (unpaired) electrons. The van der Waals surface area contributed by atoms with Gasteiger partial charge in [-0.3, -0.25) is 9.59 Å². The van der Waals surface area contributed by atoms with Crippen molar-refractivity contribution in [1.29, 1.82) is 0 Å². The van der Waals surface area contributed by atoms with E-state index in [9.17, 15) is 9.59 Å². The number of carbonyl (C=O) groups is 2. The van der Waals surface area contributed by atoms with Gasteiger partial charge in [-0.15, -0.1) is 11.3 Å². The first-order valence-corrected chi connectivity index (χ1v) is 13.9. The number of thiophene rings is 1. The minimum Gasteiger partial charge on any atom is -0.359 e. The van der Waals surface area contributed by atoms with Crippen molar-refractivity contribution in [2.45, 2.75) is 77.8 Å². The summed E-state index contributed by atoms with van der Waals surface area (Å²) in [6, 6.07) is 2.32. The quantitative estimate of drug-likeness (QED) is 0.395. The highest BCUT2D eigenvalue weighted by Gasteiger charge is 2.34. The summed E-state index contributed by atoms with van der Waals surface area (Å²) < 4.78 is 1.93. The molecule has 0 bridgehead atoms. The molecule has 3 aliphatic rings. The molecule has 5 rings (SSSR count). The average Bonchev–Trinajstić information content (AvgIpc) is 3.72. The summed E-state index contributed by atoms with van der Waals surface area (Å²) in [7, 11) is 0. The van der Waals surface area contributed by atoms with Gasteiger partial charge in [0.25, 0.3) is 5.91 Å². The highest BCUT2D eigenvalue weighted by atomic mass is 32.1. The fraction of sp³-hybridized carbons (Fsp3) is 0.600. The lowest BCUT2D eigenvalue weighted by atomic mass is 9.91. The molecule has 2 aromatic rings. The van der Waals surface area contributed by atoms with Gasteiger partial charge < -0.3 is 21.3 Å². The molecular formula is C25H34N6O2S2. The molecule has 2 fully saturated rings. The normalized spacial score (nSPS) is 19.3. The van der Waals surface area contributed by atoms with Gasteiger partial charge in [0.2, 0.25) is 5.91 Å². The topological polar surface area (TPSA) is 100 Å². The lowest BCUT2D eigenvalue weighted by molar-refractivity contribution is -0.117. The summed E-state index contributed by atoms with van der Waals surface area (Å²) >= 11 is 7.20. The third kappa shape index (κ3) is 5.69. The first kappa shape index (κ1) is 24.2. The van der Waals surface area contributed by atoms with Crippen molar-refractivity contribution in [2.24, 2.45) is 11.8 Å². The van der Waals surface area contributed by atoms with Gasteiger partial charge in [-0.05, 0) is 89.4 Å². The fourth-order valence-corrected chi connectivity index (χ4v) is 6.10. The number of fused-ring (bicyclic) bond motifs is 1. The lowest BCUT2D eigenvalue weighted by Crippen LogP contribution is -2.41. The number of rotatable bonds is 8. The Morgan fingerprint density at radius 3 is 2.66 bits per heavy atom. The third-order valence-electron chi connectivity index (χ3n) is 6.85. The number of nitrogens with zero attached hydrogens (tertiary/aromatic N) is 2. The van der Waals surface area contributed by atoms with E-state index < -0.39 is 0 Å². The molecule has 0 aliphatic heterocycles. The second kappa shape index (κ2) is 9.89. The number of thiocarbonyl (C=S) groups is 1. The number of hydrogen-bond acceptors (Lipinski definition) is 5. The van der Waals surface area contributed by atoms with Crippen LogP contribution in [-0.2, 0) is 17.6 Å². The number of aryl methyl sites for hydroxylation is 2. The Bertz CT molecular complexity index is 1150. The van der Waals surface area contributed by atoms with Crippen LogP contribution >= 0.6 is 23.6 Å². The molecule has 10 heteroatoms. The highest BCUT2D eigenvalue weighted by Crippen LogP contribution is 2.40. The van der Waals surface area contributed by atoms with Gasteiger partial charge in [-0.25, -0.2) is 4.68 Å². The lowest BCUT2D eigenvalue weighted by Gasteiger charge is -2.26. The molecule has 35 heavy (non-hydrogen) atoms. The molecule has 2 aromatic heterocycles. The molecule has 0 saturated heterocycles. The monoisotopic (exact) mass is 514 g/mol. The van der Waals surface area contributed by atoms with Crippen molar-refractivity contribution < 1.29 is 9.59 Å². The van der Waals surface area contributed by atoms with Gasteiger partial charge in [0.05, 0.1) is 11.3 Å². The largest absolute Gasteiger partial charge is 0.359 e. The van der Waals surface area contributed by atoms with E-state index in [4.69, 9.17) is 12.2 Å². The Balaban J connectivity index is 1.30. The predicted molar refractivity (Wildman–Crippen MR) is 143 cm³/mol. The van der Waals surface area contributed by atoms with Gasteiger partial charge in [-0.2, -0.15) is 5.10 Å². The average molecular weight is 515 g/mol. The van der Waals surface area contributed by atoms with E-state index in [0.717, 1.165) is 42.8 Å². The van der Waals surface area contributed by atoms with Crippen LogP contribution < -0.4 is 21.3 Å². The summed E-state index contributed by atoms with van der Waals surface area (Å²) in [4.78, 5) is 27.0. The van der Waals surface area contributed by atoms with E-state index in [1.165, 1.54) is 17.7 Å². The van der Waals surface area contributed by atoms with Crippen molar-refractivity contribution in [3.63, 3.8) is 0 Å². The number of carbonyl (C=O) groups excluding carboxylic acids is 2.